The SMILES string of the molecule is COC(=O)C1(C2(O)CC(C)(C)C2)CCCCC1. The molecule has 2 saturated carbocycles. The Hall–Kier alpha value is -0.570. The highest BCUT2D eigenvalue weighted by Crippen LogP contribution is 2.60. The molecule has 3 heteroatoms. The van der Waals surface area contributed by atoms with E-state index in [0.717, 1.165) is 44.9 Å². The van der Waals surface area contributed by atoms with Crippen LogP contribution in [0.5, 0.6) is 0 Å². The Labute approximate surface area is 104 Å². The molecular weight excluding hydrogens is 216 g/mol. The van der Waals surface area contributed by atoms with Gasteiger partial charge in [-0.3, -0.25) is 4.79 Å². The zero-order valence-electron chi connectivity index (χ0n) is 11.2. The first kappa shape index (κ1) is 12.9. The number of carbonyl (C=O) groups is 1. The number of ether oxygens (including phenoxy) is 1. The van der Waals surface area contributed by atoms with Crippen LogP contribution in [0.15, 0.2) is 0 Å². The number of rotatable bonds is 2. The van der Waals surface area contributed by atoms with Crippen LogP contribution in [0.25, 0.3) is 0 Å². The maximum atomic E-state index is 12.2. The monoisotopic (exact) mass is 240 g/mol. The molecule has 0 aromatic carbocycles. The van der Waals surface area contributed by atoms with Gasteiger partial charge in [-0.2, -0.15) is 0 Å². The minimum absolute atomic E-state index is 0.160. The average molecular weight is 240 g/mol. The van der Waals surface area contributed by atoms with Gasteiger partial charge in [-0.05, 0) is 31.1 Å². The highest BCUT2D eigenvalue weighted by atomic mass is 16.5. The third kappa shape index (κ3) is 1.88. The van der Waals surface area contributed by atoms with Crippen LogP contribution in [-0.4, -0.2) is 23.8 Å². The lowest BCUT2D eigenvalue weighted by Crippen LogP contribution is -2.63. The molecule has 0 aromatic rings. The topological polar surface area (TPSA) is 46.5 Å². The summed E-state index contributed by atoms with van der Waals surface area (Å²) in [5, 5.41) is 10.8. The number of aliphatic hydroxyl groups is 1. The Bertz CT molecular complexity index is 305. The molecule has 0 atom stereocenters. The van der Waals surface area contributed by atoms with Gasteiger partial charge in [0.25, 0.3) is 0 Å². The molecule has 0 unspecified atom stereocenters. The van der Waals surface area contributed by atoms with Crippen molar-refractivity contribution in [1.29, 1.82) is 0 Å². The van der Waals surface area contributed by atoms with E-state index in [4.69, 9.17) is 4.74 Å². The summed E-state index contributed by atoms with van der Waals surface area (Å²) in [6.45, 7) is 4.30. The molecule has 2 rings (SSSR count). The molecule has 0 radical (unpaired) electrons. The number of hydrogen-bond acceptors (Lipinski definition) is 3. The van der Waals surface area contributed by atoms with Gasteiger partial charge in [0.2, 0.25) is 0 Å². The number of esters is 1. The standard InChI is InChI=1S/C14H24O3/c1-12(2)9-14(16,10-12)13(11(15)17-3)7-5-4-6-8-13/h16H,4-10H2,1-3H3. The van der Waals surface area contributed by atoms with Gasteiger partial charge in [0, 0.05) is 0 Å². The van der Waals surface area contributed by atoms with Gasteiger partial charge in [-0.25, -0.2) is 0 Å². The van der Waals surface area contributed by atoms with Crippen molar-refractivity contribution in [2.45, 2.75) is 64.4 Å². The van der Waals surface area contributed by atoms with E-state index in [9.17, 15) is 9.90 Å². The minimum atomic E-state index is -0.829. The first-order chi connectivity index (χ1) is 7.85. The van der Waals surface area contributed by atoms with Gasteiger partial charge in [0.1, 0.15) is 0 Å². The summed E-state index contributed by atoms with van der Waals surface area (Å²) in [5.41, 5.74) is -1.30. The molecule has 2 aliphatic rings. The van der Waals surface area contributed by atoms with Gasteiger partial charge >= 0.3 is 5.97 Å². The fourth-order valence-electron chi connectivity index (χ4n) is 4.08. The van der Waals surface area contributed by atoms with E-state index in [-0.39, 0.29) is 11.4 Å². The van der Waals surface area contributed by atoms with Gasteiger partial charge < -0.3 is 9.84 Å². The molecule has 3 nitrogen and oxygen atoms in total. The largest absolute Gasteiger partial charge is 0.469 e. The van der Waals surface area contributed by atoms with Crippen LogP contribution in [0.4, 0.5) is 0 Å². The average Bonchev–Trinajstić information content (AvgIpc) is 2.26. The second-order valence-corrected chi connectivity index (χ2v) is 6.68. The maximum absolute atomic E-state index is 12.2. The molecule has 0 aliphatic heterocycles. The van der Waals surface area contributed by atoms with Crippen molar-refractivity contribution in [2.75, 3.05) is 7.11 Å². The van der Waals surface area contributed by atoms with Gasteiger partial charge in [-0.1, -0.05) is 33.1 Å². The molecule has 2 fully saturated rings. The highest BCUT2D eigenvalue weighted by Gasteiger charge is 2.64. The number of hydrogen-bond donors (Lipinski definition) is 1. The van der Waals surface area contributed by atoms with Crippen LogP contribution in [-0.2, 0) is 9.53 Å². The molecular formula is C14H24O3. The summed E-state index contributed by atoms with van der Waals surface area (Å²) < 4.78 is 4.98. The Balaban J connectivity index is 2.25. The fourth-order valence-corrected chi connectivity index (χ4v) is 4.08. The fraction of sp³-hybridized carbons (Fsp3) is 0.929. The van der Waals surface area contributed by atoms with Gasteiger partial charge in [0.05, 0.1) is 18.1 Å². The van der Waals surface area contributed by atoms with Crippen molar-refractivity contribution in [3.63, 3.8) is 0 Å². The van der Waals surface area contributed by atoms with Crippen LogP contribution in [0, 0.1) is 10.8 Å². The zero-order valence-corrected chi connectivity index (χ0v) is 11.2. The Morgan fingerprint density at radius 1 is 1.12 bits per heavy atom. The van der Waals surface area contributed by atoms with Crippen LogP contribution < -0.4 is 0 Å². The molecule has 0 heterocycles. The van der Waals surface area contributed by atoms with Crippen LogP contribution in [0.3, 0.4) is 0 Å². The summed E-state index contributed by atoms with van der Waals surface area (Å²) in [4.78, 5) is 12.2. The van der Waals surface area contributed by atoms with E-state index < -0.39 is 11.0 Å². The number of carbonyl (C=O) groups excluding carboxylic acids is 1. The van der Waals surface area contributed by atoms with Crippen molar-refractivity contribution in [3.05, 3.63) is 0 Å². The molecule has 0 spiro atoms. The van der Waals surface area contributed by atoms with E-state index >= 15 is 0 Å². The van der Waals surface area contributed by atoms with Crippen LogP contribution in [0.1, 0.15) is 58.8 Å². The van der Waals surface area contributed by atoms with Gasteiger partial charge in [-0.15, -0.1) is 0 Å². The van der Waals surface area contributed by atoms with Crippen LogP contribution in [0.2, 0.25) is 0 Å². The molecule has 2 aliphatic carbocycles. The molecule has 98 valence electrons. The van der Waals surface area contributed by atoms with Crippen LogP contribution >= 0.6 is 0 Å². The summed E-state index contributed by atoms with van der Waals surface area (Å²) in [6.07, 6.45) is 6.22. The Kier molecular flexibility index (Phi) is 3.01. The normalized spacial score (nSPS) is 29.2. The predicted octanol–water partition coefficient (Wildman–Crippen LogP) is 2.66. The van der Waals surface area contributed by atoms with E-state index in [1.54, 1.807) is 0 Å². The molecule has 1 N–H and O–H groups in total. The molecule has 0 amide bonds. The Morgan fingerprint density at radius 3 is 2.06 bits per heavy atom. The first-order valence-electron chi connectivity index (χ1n) is 6.66. The quantitative estimate of drug-likeness (QED) is 0.755. The predicted molar refractivity (Wildman–Crippen MR) is 65.5 cm³/mol. The second kappa shape index (κ2) is 3.98. The lowest BCUT2D eigenvalue weighted by Gasteiger charge is -2.59. The van der Waals surface area contributed by atoms with Crippen molar-refractivity contribution < 1.29 is 14.6 Å². The third-order valence-electron chi connectivity index (χ3n) is 4.72. The van der Waals surface area contributed by atoms with Crippen molar-refractivity contribution in [3.8, 4) is 0 Å². The van der Waals surface area contributed by atoms with Crippen molar-refractivity contribution >= 4 is 5.97 Å². The van der Waals surface area contributed by atoms with Crippen molar-refractivity contribution in [1.82, 2.24) is 0 Å². The third-order valence-corrected chi connectivity index (χ3v) is 4.72. The summed E-state index contributed by atoms with van der Waals surface area (Å²) in [6, 6.07) is 0. The van der Waals surface area contributed by atoms with E-state index in [2.05, 4.69) is 13.8 Å². The van der Waals surface area contributed by atoms with Crippen molar-refractivity contribution in [2.24, 2.45) is 10.8 Å². The Morgan fingerprint density at radius 2 is 1.65 bits per heavy atom. The highest BCUT2D eigenvalue weighted by molar-refractivity contribution is 5.79. The molecule has 0 saturated heterocycles. The zero-order chi connectivity index (χ0) is 12.7. The smallest absolute Gasteiger partial charge is 0.314 e. The van der Waals surface area contributed by atoms with E-state index in [1.807, 2.05) is 0 Å². The summed E-state index contributed by atoms with van der Waals surface area (Å²) in [5.74, 6) is -0.199. The maximum Gasteiger partial charge on any atom is 0.314 e. The van der Waals surface area contributed by atoms with E-state index in [1.165, 1.54) is 7.11 Å². The molecule has 17 heavy (non-hydrogen) atoms. The number of methoxy groups -OCH3 is 1. The molecule has 0 aromatic heterocycles. The minimum Gasteiger partial charge on any atom is -0.469 e. The summed E-state index contributed by atoms with van der Waals surface area (Å²) in [7, 11) is 1.44. The molecule has 0 bridgehead atoms. The lowest BCUT2D eigenvalue weighted by atomic mass is 9.48. The van der Waals surface area contributed by atoms with E-state index in [0.29, 0.717) is 0 Å². The van der Waals surface area contributed by atoms with Gasteiger partial charge in [0.15, 0.2) is 0 Å². The summed E-state index contributed by atoms with van der Waals surface area (Å²) >= 11 is 0. The first-order valence-corrected chi connectivity index (χ1v) is 6.66. The lowest BCUT2D eigenvalue weighted by molar-refractivity contribution is -0.220. The second-order valence-electron chi connectivity index (χ2n) is 6.68.